The van der Waals surface area contributed by atoms with Crippen molar-refractivity contribution in [2.75, 3.05) is 20.1 Å². The summed E-state index contributed by atoms with van der Waals surface area (Å²) in [6.07, 6.45) is -3.34. The molecule has 0 saturated carbocycles. The van der Waals surface area contributed by atoms with Crippen LogP contribution in [0.5, 0.6) is 0 Å². The normalized spacial score (nSPS) is 13.0. The number of nitrogens with one attached hydrogen (secondary N) is 1. The third kappa shape index (κ3) is 8.07. The van der Waals surface area contributed by atoms with Gasteiger partial charge in [-0.3, -0.25) is 4.90 Å². The average molecular weight is 302 g/mol. The highest BCUT2D eigenvalue weighted by molar-refractivity contribution is 5.27. The summed E-state index contributed by atoms with van der Waals surface area (Å²) in [5, 5.41) is 3.40. The molecule has 0 heterocycles. The van der Waals surface area contributed by atoms with Crippen molar-refractivity contribution in [3.8, 4) is 0 Å². The maximum atomic E-state index is 12.4. The van der Waals surface area contributed by atoms with E-state index in [1.54, 1.807) is 0 Å². The van der Waals surface area contributed by atoms with E-state index in [4.69, 9.17) is 0 Å². The second-order valence-corrected chi connectivity index (χ2v) is 6.48. The van der Waals surface area contributed by atoms with Crippen molar-refractivity contribution < 1.29 is 13.2 Å². The number of hydrogen-bond acceptors (Lipinski definition) is 2. The SMILES string of the molecule is CN(Cc1ccccc1CCNC(C)(C)C)CC(F)(F)F. The molecule has 120 valence electrons. The predicted molar refractivity (Wildman–Crippen MR) is 80.3 cm³/mol. The number of alkyl halides is 3. The maximum Gasteiger partial charge on any atom is 0.401 e. The molecule has 0 amide bonds. The molecule has 2 nitrogen and oxygen atoms in total. The molecule has 0 aliphatic heterocycles. The molecule has 5 heteroatoms. The minimum atomic E-state index is -4.16. The zero-order valence-electron chi connectivity index (χ0n) is 13.2. The van der Waals surface area contributed by atoms with Crippen molar-refractivity contribution in [1.29, 1.82) is 0 Å². The fourth-order valence-corrected chi connectivity index (χ4v) is 2.18. The van der Waals surface area contributed by atoms with Crippen LogP contribution in [0.1, 0.15) is 31.9 Å². The summed E-state index contributed by atoms with van der Waals surface area (Å²) in [6.45, 7) is 6.51. The number of benzene rings is 1. The van der Waals surface area contributed by atoms with Gasteiger partial charge in [0.05, 0.1) is 6.54 Å². The minimum absolute atomic E-state index is 0.0437. The number of nitrogens with zero attached hydrogens (tertiary/aromatic N) is 1. The first-order valence-electron chi connectivity index (χ1n) is 7.14. The number of rotatable bonds is 6. The monoisotopic (exact) mass is 302 g/mol. The summed E-state index contributed by atoms with van der Waals surface area (Å²) >= 11 is 0. The maximum absolute atomic E-state index is 12.4. The van der Waals surface area contributed by atoms with Gasteiger partial charge in [-0.2, -0.15) is 13.2 Å². The Labute approximate surface area is 125 Å². The van der Waals surface area contributed by atoms with Crippen LogP contribution in [0.2, 0.25) is 0 Å². The van der Waals surface area contributed by atoms with Crippen LogP contribution in [0.4, 0.5) is 13.2 Å². The second kappa shape index (κ2) is 7.27. The summed E-state index contributed by atoms with van der Waals surface area (Å²) < 4.78 is 37.2. The first-order valence-corrected chi connectivity index (χ1v) is 7.14. The van der Waals surface area contributed by atoms with Gasteiger partial charge in [-0.1, -0.05) is 24.3 Å². The summed E-state index contributed by atoms with van der Waals surface area (Å²) in [4.78, 5) is 1.30. The Bertz CT molecular complexity index is 436. The van der Waals surface area contributed by atoms with Gasteiger partial charge in [0, 0.05) is 12.1 Å². The Balaban J connectivity index is 2.62. The fourth-order valence-electron chi connectivity index (χ4n) is 2.18. The van der Waals surface area contributed by atoms with Gasteiger partial charge >= 0.3 is 6.18 Å². The van der Waals surface area contributed by atoms with Crippen molar-refractivity contribution in [3.63, 3.8) is 0 Å². The largest absolute Gasteiger partial charge is 0.401 e. The van der Waals surface area contributed by atoms with Crippen LogP contribution in [0, 0.1) is 0 Å². The fraction of sp³-hybridized carbons (Fsp3) is 0.625. The third-order valence-electron chi connectivity index (χ3n) is 3.06. The van der Waals surface area contributed by atoms with Crippen LogP contribution in [0.15, 0.2) is 24.3 Å². The predicted octanol–water partition coefficient (Wildman–Crippen LogP) is 3.61. The quantitative estimate of drug-likeness (QED) is 0.863. The Morgan fingerprint density at radius 1 is 1.05 bits per heavy atom. The molecule has 0 unspecified atom stereocenters. The molecule has 0 spiro atoms. The Morgan fingerprint density at radius 3 is 2.14 bits per heavy atom. The number of halogens is 3. The van der Waals surface area contributed by atoms with Crippen LogP contribution in [0.25, 0.3) is 0 Å². The van der Waals surface area contributed by atoms with Crippen LogP contribution in [-0.4, -0.2) is 36.8 Å². The van der Waals surface area contributed by atoms with Crippen molar-refractivity contribution in [1.82, 2.24) is 10.2 Å². The van der Waals surface area contributed by atoms with Crippen molar-refractivity contribution >= 4 is 0 Å². The molecule has 0 aliphatic rings. The lowest BCUT2D eigenvalue weighted by atomic mass is 10.0. The molecule has 21 heavy (non-hydrogen) atoms. The van der Waals surface area contributed by atoms with Crippen molar-refractivity contribution in [3.05, 3.63) is 35.4 Å². The van der Waals surface area contributed by atoms with Crippen LogP contribution in [0.3, 0.4) is 0 Å². The highest BCUT2D eigenvalue weighted by Gasteiger charge is 2.29. The molecular weight excluding hydrogens is 277 g/mol. The molecule has 0 fully saturated rings. The molecule has 1 N–H and O–H groups in total. The van der Waals surface area contributed by atoms with Gasteiger partial charge in [-0.05, 0) is 51.9 Å². The Kier molecular flexibility index (Phi) is 6.23. The Morgan fingerprint density at radius 2 is 1.62 bits per heavy atom. The second-order valence-electron chi connectivity index (χ2n) is 6.48. The summed E-state index contributed by atoms with van der Waals surface area (Å²) in [5.74, 6) is 0. The summed E-state index contributed by atoms with van der Waals surface area (Å²) in [7, 11) is 1.50. The standard InChI is InChI=1S/C16H25F3N2/c1-15(2,3)20-10-9-13-7-5-6-8-14(13)11-21(4)12-16(17,18)19/h5-8,20H,9-12H2,1-4H3. The van der Waals surface area contributed by atoms with Gasteiger partial charge < -0.3 is 5.32 Å². The van der Waals surface area contributed by atoms with E-state index in [1.165, 1.54) is 11.9 Å². The summed E-state index contributed by atoms with van der Waals surface area (Å²) in [6, 6.07) is 7.69. The lowest BCUT2D eigenvalue weighted by molar-refractivity contribution is -0.144. The first-order chi connectivity index (χ1) is 9.57. The molecule has 0 radical (unpaired) electrons. The van der Waals surface area contributed by atoms with Gasteiger partial charge in [0.2, 0.25) is 0 Å². The molecule has 1 aromatic rings. The molecular formula is C16H25F3N2. The first kappa shape index (κ1) is 18.0. The van der Waals surface area contributed by atoms with Gasteiger partial charge in [-0.25, -0.2) is 0 Å². The van der Waals surface area contributed by atoms with E-state index < -0.39 is 12.7 Å². The number of hydrogen-bond donors (Lipinski definition) is 1. The van der Waals surface area contributed by atoms with Gasteiger partial charge in [0.1, 0.15) is 0 Å². The van der Waals surface area contributed by atoms with E-state index in [9.17, 15) is 13.2 Å². The highest BCUT2D eigenvalue weighted by atomic mass is 19.4. The van der Waals surface area contributed by atoms with E-state index >= 15 is 0 Å². The van der Waals surface area contributed by atoms with E-state index in [2.05, 4.69) is 26.1 Å². The van der Waals surface area contributed by atoms with E-state index in [1.807, 2.05) is 24.3 Å². The lowest BCUT2D eigenvalue weighted by Gasteiger charge is -2.22. The van der Waals surface area contributed by atoms with Crippen LogP contribution >= 0.6 is 0 Å². The zero-order valence-corrected chi connectivity index (χ0v) is 13.2. The van der Waals surface area contributed by atoms with Gasteiger partial charge in [0.15, 0.2) is 0 Å². The molecule has 0 bridgehead atoms. The van der Waals surface area contributed by atoms with E-state index in [0.717, 1.165) is 24.1 Å². The minimum Gasteiger partial charge on any atom is -0.312 e. The topological polar surface area (TPSA) is 15.3 Å². The van der Waals surface area contributed by atoms with Crippen LogP contribution in [-0.2, 0) is 13.0 Å². The van der Waals surface area contributed by atoms with Crippen LogP contribution < -0.4 is 5.32 Å². The average Bonchev–Trinajstić information content (AvgIpc) is 2.27. The van der Waals surface area contributed by atoms with Gasteiger partial charge in [-0.15, -0.1) is 0 Å². The molecule has 1 rings (SSSR count). The lowest BCUT2D eigenvalue weighted by Crippen LogP contribution is -2.37. The Hall–Kier alpha value is -1.07. The van der Waals surface area contributed by atoms with E-state index in [-0.39, 0.29) is 5.54 Å². The van der Waals surface area contributed by atoms with Crippen molar-refractivity contribution in [2.24, 2.45) is 0 Å². The zero-order chi connectivity index (χ0) is 16.1. The molecule has 0 aromatic heterocycles. The van der Waals surface area contributed by atoms with Crippen molar-refractivity contribution in [2.45, 2.75) is 45.5 Å². The van der Waals surface area contributed by atoms with Gasteiger partial charge in [0.25, 0.3) is 0 Å². The smallest absolute Gasteiger partial charge is 0.312 e. The highest BCUT2D eigenvalue weighted by Crippen LogP contribution is 2.18. The third-order valence-corrected chi connectivity index (χ3v) is 3.06. The molecule has 0 saturated heterocycles. The van der Waals surface area contributed by atoms with E-state index in [0.29, 0.717) is 6.54 Å². The molecule has 1 aromatic carbocycles. The molecule has 0 aliphatic carbocycles. The summed E-state index contributed by atoms with van der Waals surface area (Å²) in [5.41, 5.74) is 2.10. The molecule has 0 atom stereocenters.